The summed E-state index contributed by atoms with van der Waals surface area (Å²) < 4.78 is 0. The molecular formula is C13H19N3. The van der Waals surface area contributed by atoms with Gasteiger partial charge in [-0.25, -0.2) is 0 Å². The van der Waals surface area contributed by atoms with Crippen LogP contribution in [0.5, 0.6) is 0 Å². The minimum Gasteiger partial charge on any atom is -0.371 e. The quantitative estimate of drug-likeness (QED) is 0.813. The van der Waals surface area contributed by atoms with Crippen LogP contribution in [0, 0.1) is 0 Å². The van der Waals surface area contributed by atoms with E-state index >= 15 is 0 Å². The minimum absolute atomic E-state index is 0.275. The number of rotatable bonds is 2. The van der Waals surface area contributed by atoms with Crippen molar-refractivity contribution >= 4 is 11.4 Å². The van der Waals surface area contributed by atoms with Gasteiger partial charge in [0, 0.05) is 26.7 Å². The first-order chi connectivity index (χ1) is 7.77. The van der Waals surface area contributed by atoms with E-state index in [4.69, 9.17) is 5.73 Å². The van der Waals surface area contributed by atoms with Crippen molar-refractivity contribution in [3.05, 3.63) is 24.3 Å². The van der Waals surface area contributed by atoms with Crippen molar-refractivity contribution < 1.29 is 0 Å². The molecule has 0 bridgehead atoms. The first-order valence-corrected chi connectivity index (χ1v) is 6.05. The minimum atomic E-state index is 0.275. The highest BCUT2D eigenvalue weighted by atomic mass is 15.3. The molecule has 86 valence electrons. The van der Waals surface area contributed by atoms with E-state index in [9.17, 15) is 0 Å². The van der Waals surface area contributed by atoms with E-state index in [1.165, 1.54) is 24.2 Å². The maximum Gasteiger partial charge on any atom is 0.0609 e. The topological polar surface area (TPSA) is 32.5 Å². The molecule has 0 aromatic heterocycles. The smallest absolute Gasteiger partial charge is 0.0609 e. The number of likely N-dealkylation sites (N-methyl/N-ethyl adjacent to an activating group) is 1. The summed E-state index contributed by atoms with van der Waals surface area (Å²) in [6.07, 6.45) is 2.50. The second-order valence-corrected chi connectivity index (χ2v) is 4.99. The highest BCUT2D eigenvalue weighted by molar-refractivity contribution is 5.74. The number of nitrogens with zero attached hydrogens (tertiary/aromatic N) is 2. The van der Waals surface area contributed by atoms with Gasteiger partial charge in [0.2, 0.25) is 0 Å². The largest absolute Gasteiger partial charge is 0.371 e. The lowest BCUT2D eigenvalue weighted by molar-refractivity contribution is 0.576. The van der Waals surface area contributed by atoms with Crippen LogP contribution >= 0.6 is 0 Å². The van der Waals surface area contributed by atoms with Crippen LogP contribution in [-0.2, 0) is 0 Å². The number of nitrogens with two attached hydrogens (primary N) is 1. The van der Waals surface area contributed by atoms with E-state index in [2.05, 4.69) is 41.1 Å². The van der Waals surface area contributed by atoms with E-state index in [0.29, 0.717) is 0 Å². The van der Waals surface area contributed by atoms with Crippen molar-refractivity contribution in [2.75, 3.05) is 36.5 Å². The molecule has 1 heterocycles. The van der Waals surface area contributed by atoms with E-state index < -0.39 is 0 Å². The van der Waals surface area contributed by atoms with Crippen LogP contribution in [0.1, 0.15) is 12.8 Å². The molecule has 0 saturated heterocycles. The second kappa shape index (κ2) is 3.39. The molecule has 1 saturated carbocycles. The molecule has 3 nitrogen and oxygen atoms in total. The van der Waals surface area contributed by atoms with Gasteiger partial charge in [0.1, 0.15) is 0 Å². The molecule has 2 N–H and O–H groups in total. The van der Waals surface area contributed by atoms with E-state index in [1.54, 1.807) is 0 Å². The van der Waals surface area contributed by atoms with Crippen LogP contribution in [0.15, 0.2) is 24.3 Å². The predicted molar refractivity (Wildman–Crippen MR) is 68.1 cm³/mol. The third-order valence-corrected chi connectivity index (χ3v) is 4.02. The average Bonchev–Trinajstić information content (AvgIpc) is 3.11. The fourth-order valence-electron chi connectivity index (χ4n) is 2.73. The third-order valence-electron chi connectivity index (χ3n) is 4.02. The van der Waals surface area contributed by atoms with E-state index in [-0.39, 0.29) is 5.54 Å². The first-order valence-electron chi connectivity index (χ1n) is 6.05. The number of fused-ring (bicyclic) bond motifs is 1. The van der Waals surface area contributed by atoms with Gasteiger partial charge in [0.05, 0.1) is 16.9 Å². The summed E-state index contributed by atoms with van der Waals surface area (Å²) in [6.45, 7) is 2.98. The lowest BCUT2D eigenvalue weighted by Crippen LogP contribution is -2.49. The van der Waals surface area contributed by atoms with Gasteiger partial charge in [-0.3, -0.25) is 0 Å². The van der Waals surface area contributed by atoms with Crippen molar-refractivity contribution in [3.63, 3.8) is 0 Å². The zero-order valence-corrected chi connectivity index (χ0v) is 9.82. The summed E-state index contributed by atoms with van der Waals surface area (Å²) in [5.41, 5.74) is 8.91. The summed E-state index contributed by atoms with van der Waals surface area (Å²) in [4.78, 5) is 4.86. The van der Waals surface area contributed by atoms with Crippen LogP contribution in [0.4, 0.5) is 11.4 Å². The summed E-state index contributed by atoms with van der Waals surface area (Å²) in [5, 5.41) is 0. The van der Waals surface area contributed by atoms with Crippen molar-refractivity contribution in [2.24, 2.45) is 5.73 Å². The molecule has 1 aliphatic heterocycles. The Morgan fingerprint density at radius 3 is 2.50 bits per heavy atom. The SMILES string of the molecule is CN1CCN(C2(CN)CC2)c2ccccc21. The van der Waals surface area contributed by atoms with E-state index in [1.807, 2.05) is 0 Å². The Hall–Kier alpha value is -1.22. The fourth-order valence-corrected chi connectivity index (χ4v) is 2.73. The Kier molecular flexibility index (Phi) is 2.11. The van der Waals surface area contributed by atoms with Crippen molar-refractivity contribution in [2.45, 2.75) is 18.4 Å². The zero-order valence-electron chi connectivity index (χ0n) is 9.82. The maximum absolute atomic E-state index is 5.94. The maximum atomic E-state index is 5.94. The van der Waals surface area contributed by atoms with Crippen LogP contribution in [-0.4, -0.2) is 32.2 Å². The van der Waals surface area contributed by atoms with Crippen molar-refractivity contribution in [1.82, 2.24) is 0 Å². The fraction of sp³-hybridized carbons (Fsp3) is 0.538. The van der Waals surface area contributed by atoms with Gasteiger partial charge in [0.15, 0.2) is 0 Å². The molecule has 2 aliphatic rings. The molecule has 3 rings (SSSR count). The van der Waals surface area contributed by atoms with Crippen LogP contribution in [0.3, 0.4) is 0 Å². The molecule has 1 aromatic carbocycles. The average molecular weight is 217 g/mol. The summed E-state index contributed by atoms with van der Waals surface area (Å²) in [5.74, 6) is 0. The van der Waals surface area contributed by atoms with Gasteiger partial charge in [-0.1, -0.05) is 12.1 Å². The highest BCUT2D eigenvalue weighted by Crippen LogP contribution is 2.47. The number of hydrogen-bond acceptors (Lipinski definition) is 3. The van der Waals surface area contributed by atoms with Gasteiger partial charge < -0.3 is 15.5 Å². The number of anilines is 2. The molecule has 0 unspecified atom stereocenters. The molecular weight excluding hydrogens is 198 g/mol. The first kappa shape index (κ1) is 9.97. The summed E-state index contributed by atoms with van der Waals surface area (Å²) in [6, 6.07) is 8.66. The number of hydrogen-bond donors (Lipinski definition) is 1. The molecule has 1 aliphatic carbocycles. The second-order valence-electron chi connectivity index (χ2n) is 4.99. The van der Waals surface area contributed by atoms with Crippen LogP contribution in [0.25, 0.3) is 0 Å². The molecule has 0 amide bonds. The zero-order chi connectivity index (χ0) is 11.2. The molecule has 0 atom stereocenters. The van der Waals surface area contributed by atoms with Gasteiger partial charge in [0.25, 0.3) is 0 Å². The predicted octanol–water partition coefficient (Wildman–Crippen LogP) is 1.43. The van der Waals surface area contributed by atoms with Crippen molar-refractivity contribution in [1.29, 1.82) is 0 Å². The summed E-state index contributed by atoms with van der Waals surface area (Å²) >= 11 is 0. The Morgan fingerprint density at radius 1 is 1.19 bits per heavy atom. The van der Waals surface area contributed by atoms with Crippen molar-refractivity contribution in [3.8, 4) is 0 Å². The Balaban J connectivity index is 2.02. The standard InChI is InChI=1S/C13H19N3/c1-15-8-9-16(13(10-14)6-7-13)12-5-3-2-4-11(12)15/h2-5H,6-10,14H2,1H3. The monoisotopic (exact) mass is 217 g/mol. The lowest BCUT2D eigenvalue weighted by Gasteiger charge is -2.41. The lowest BCUT2D eigenvalue weighted by atomic mass is 10.1. The Labute approximate surface area is 96.8 Å². The normalized spacial score (nSPS) is 21.9. The van der Waals surface area contributed by atoms with Crippen LogP contribution < -0.4 is 15.5 Å². The van der Waals surface area contributed by atoms with Gasteiger partial charge in [-0.15, -0.1) is 0 Å². The Bertz CT molecular complexity index is 398. The molecule has 0 spiro atoms. The van der Waals surface area contributed by atoms with Crippen LogP contribution in [0.2, 0.25) is 0 Å². The van der Waals surface area contributed by atoms with E-state index in [0.717, 1.165) is 19.6 Å². The summed E-state index contributed by atoms with van der Waals surface area (Å²) in [7, 11) is 2.16. The third kappa shape index (κ3) is 1.31. The molecule has 16 heavy (non-hydrogen) atoms. The van der Waals surface area contributed by atoms with Gasteiger partial charge in [-0.2, -0.15) is 0 Å². The van der Waals surface area contributed by atoms with Gasteiger partial charge >= 0.3 is 0 Å². The number of benzene rings is 1. The highest BCUT2D eigenvalue weighted by Gasteiger charge is 2.48. The Morgan fingerprint density at radius 2 is 1.88 bits per heavy atom. The molecule has 1 aromatic rings. The molecule has 1 fully saturated rings. The molecule has 0 radical (unpaired) electrons. The molecule has 3 heteroatoms. The number of para-hydroxylation sites is 2. The van der Waals surface area contributed by atoms with Gasteiger partial charge in [-0.05, 0) is 25.0 Å².